The largest absolute Gasteiger partial charge is 0.465 e. The van der Waals surface area contributed by atoms with Crippen LogP contribution in [0.5, 0.6) is 0 Å². The van der Waals surface area contributed by atoms with Crippen LogP contribution in [0.15, 0.2) is 28.1 Å². The van der Waals surface area contributed by atoms with Crippen molar-refractivity contribution in [3.63, 3.8) is 0 Å². The molecule has 8 nitrogen and oxygen atoms in total. The fourth-order valence-corrected chi connectivity index (χ4v) is 5.32. The van der Waals surface area contributed by atoms with Crippen LogP contribution in [0.1, 0.15) is 27.3 Å². The summed E-state index contributed by atoms with van der Waals surface area (Å²) in [6.07, 6.45) is 1.12. The van der Waals surface area contributed by atoms with Gasteiger partial charge in [0.1, 0.15) is 11.4 Å². The molecule has 0 aliphatic carbocycles. The van der Waals surface area contributed by atoms with E-state index < -0.39 is 21.7 Å². The van der Waals surface area contributed by atoms with Gasteiger partial charge < -0.3 is 9.30 Å². The third-order valence-electron chi connectivity index (χ3n) is 3.97. The van der Waals surface area contributed by atoms with Crippen LogP contribution in [0.25, 0.3) is 10.2 Å². The lowest BCUT2D eigenvalue weighted by molar-refractivity contribution is -0.143. The van der Waals surface area contributed by atoms with Crippen molar-refractivity contribution in [2.24, 2.45) is 4.99 Å². The molecule has 1 amide bonds. The molecule has 0 saturated heterocycles. The van der Waals surface area contributed by atoms with E-state index >= 15 is 0 Å². The topological polar surface area (TPSA) is 108 Å². The Morgan fingerprint density at radius 1 is 1.24 bits per heavy atom. The van der Waals surface area contributed by atoms with Gasteiger partial charge in [0.15, 0.2) is 14.6 Å². The van der Waals surface area contributed by atoms with Crippen LogP contribution in [0.2, 0.25) is 0 Å². The number of benzene rings is 1. The summed E-state index contributed by atoms with van der Waals surface area (Å²) in [5, 5.41) is 0.759. The number of esters is 1. The Morgan fingerprint density at radius 2 is 1.97 bits per heavy atom. The van der Waals surface area contributed by atoms with Crippen LogP contribution in [0, 0.1) is 13.8 Å². The van der Waals surface area contributed by atoms with Gasteiger partial charge in [0.25, 0.3) is 5.91 Å². The van der Waals surface area contributed by atoms with Gasteiger partial charge >= 0.3 is 5.97 Å². The molecular weight excluding hydrogens is 434 g/mol. The van der Waals surface area contributed by atoms with Crippen molar-refractivity contribution in [1.29, 1.82) is 0 Å². The van der Waals surface area contributed by atoms with E-state index in [9.17, 15) is 18.0 Å². The van der Waals surface area contributed by atoms with Crippen molar-refractivity contribution in [3.05, 3.63) is 38.6 Å². The van der Waals surface area contributed by atoms with E-state index in [4.69, 9.17) is 4.74 Å². The van der Waals surface area contributed by atoms with Crippen molar-refractivity contribution < 1.29 is 22.7 Å². The Hall–Kier alpha value is -2.37. The van der Waals surface area contributed by atoms with E-state index in [1.165, 1.54) is 23.5 Å². The van der Waals surface area contributed by atoms with Crippen LogP contribution < -0.4 is 4.80 Å². The Bertz CT molecular complexity index is 1280. The lowest BCUT2D eigenvalue weighted by Crippen LogP contribution is -2.23. The molecule has 1 aromatic carbocycles. The molecule has 0 saturated carbocycles. The molecule has 29 heavy (non-hydrogen) atoms. The van der Waals surface area contributed by atoms with Crippen LogP contribution in [0.4, 0.5) is 0 Å². The number of carbonyl (C=O) groups is 2. The van der Waals surface area contributed by atoms with Gasteiger partial charge in [-0.25, -0.2) is 13.4 Å². The number of fused-ring (bicyclic) bond motifs is 1. The Balaban J connectivity index is 2.19. The standard InChI is InChI=1S/C18H19N3O5S3/c1-5-26-15(22)9-21-13-7-6-12(29(4,24)25)8-14(13)28-18(21)20-17(23)16-10(2)19-11(3)27-16/h6-8H,5,9H2,1-4H3. The molecular formula is C18H19N3O5S3. The maximum Gasteiger partial charge on any atom is 0.326 e. The van der Waals surface area contributed by atoms with Gasteiger partial charge in [0, 0.05) is 6.26 Å². The van der Waals surface area contributed by atoms with E-state index in [1.54, 1.807) is 24.5 Å². The van der Waals surface area contributed by atoms with E-state index in [-0.39, 0.29) is 22.8 Å². The summed E-state index contributed by atoms with van der Waals surface area (Å²) in [7, 11) is -3.40. The van der Waals surface area contributed by atoms with Crippen LogP contribution in [0.3, 0.4) is 0 Å². The molecule has 0 bridgehead atoms. The van der Waals surface area contributed by atoms with Gasteiger partial charge in [-0.3, -0.25) is 9.59 Å². The van der Waals surface area contributed by atoms with E-state index in [0.717, 1.165) is 22.6 Å². The van der Waals surface area contributed by atoms with Gasteiger partial charge in [-0.1, -0.05) is 11.3 Å². The Morgan fingerprint density at radius 3 is 2.55 bits per heavy atom. The first-order valence-corrected chi connectivity index (χ1v) is 12.1. The van der Waals surface area contributed by atoms with Gasteiger partial charge in [-0.2, -0.15) is 4.99 Å². The molecule has 2 aromatic heterocycles. The summed E-state index contributed by atoms with van der Waals surface area (Å²) in [5.74, 6) is -0.932. The highest BCUT2D eigenvalue weighted by molar-refractivity contribution is 7.90. The molecule has 154 valence electrons. The van der Waals surface area contributed by atoms with Crippen molar-refractivity contribution in [2.75, 3.05) is 12.9 Å². The number of aryl methyl sites for hydroxylation is 2. The minimum atomic E-state index is -3.40. The van der Waals surface area contributed by atoms with Crippen molar-refractivity contribution in [3.8, 4) is 0 Å². The summed E-state index contributed by atoms with van der Waals surface area (Å²) in [5.41, 5.74) is 1.19. The molecule has 3 rings (SSSR count). The highest BCUT2D eigenvalue weighted by Crippen LogP contribution is 2.23. The Labute approximate surface area is 175 Å². The molecule has 0 unspecified atom stereocenters. The van der Waals surface area contributed by atoms with Crippen molar-refractivity contribution in [1.82, 2.24) is 9.55 Å². The molecule has 0 aliphatic rings. The summed E-state index contributed by atoms with van der Waals surface area (Å²) in [4.78, 5) is 34.1. The maximum atomic E-state index is 12.7. The highest BCUT2D eigenvalue weighted by atomic mass is 32.2. The number of hydrogen-bond donors (Lipinski definition) is 0. The fourth-order valence-electron chi connectivity index (χ4n) is 2.73. The molecule has 2 heterocycles. The second-order valence-corrected chi connectivity index (χ2v) is 10.5. The van der Waals surface area contributed by atoms with Crippen LogP contribution >= 0.6 is 22.7 Å². The smallest absolute Gasteiger partial charge is 0.326 e. The zero-order valence-corrected chi connectivity index (χ0v) is 18.7. The van der Waals surface area contributed by atoms with Crippen molar-refractivity contribution >= 4 is 54.6 Å². The summed E-state index contributed by atoms with van der Waals surface area (Å²) in [6.45, 7) is 5.34. The molecule has 0 fully saturated rings. The normalized spacial score (nSPS) is 12.5. The minimum Gasteiger partial charge on any atom is -0.465 e. The quantitative estimate of drug-likeness (QED) is 0.549. The third-order valence-corrected chi connectivity index (χ3v) is 7.18. The monoisotopic (exact) mass is 453 g/mol. The van der Waals surface area contributed by atoms with Gasteiger partial charge in [0.05, 0.1) is 32.4 Å². The lowest BCUT2D eigenvalue weighted by Gasteiger charge is -2.05. The fraction of sp³-hybridized carbons (Fsp3) is 0.333. The lowest BCUT2D eigenvalue weighted by atomic mass is 10.3. The molecule has 0 spiro atoms. The number of carbonyl (C=O) groups excluding carboxylic acids is 2. The minimum absolute atomic E-state index is 0.140. The number of hydrogen-bond acceptors (Lipinski definition) is 8. The molecule has 0 radical (unpaired) electrons. The number of thiazole rings is 2. The average Bonchev–Trinajstić information content (AvgIpc) is 3.13. The SMILES string of the molecule is CCOC(=O)Cn1c(=NC(=O)c2sc(C)nc2C)sc2cc(S(C)(=O)=O)ccc21. The molecule has 0 aliphatic heterocycles. The Kier molecular flexibility index (Phi) is 6.01. The summed E-state index contributed by atoms with van der Waals surface area (Å²) in [6, 6.07) is 4.59. The number of sulfone groups is 1. The van der Waals surface area contributed by atoms with E-state index in [1.807, 2.05) is 6.92 Å². The summed E-state index contributed by atoms with van der Waals surface area (Å²) >= 11 is 2.39. The van der Waals surface area contributed by atoms with Gasteiger partial charge in [-0.05, 0) is 39.0 Å². The van der Waals surface area contributed by atoms with Gasteiger partial charge in [-0.15, -0.1) is 11.3 Å². The highest BCUT2D eigenvalue weighted by Gasteiger charge is 2.17. The first-order valence-electron chi connectivity index (χ1n) is 8.62. The first kappa shape index (κ1) is 21.3. The number of amides is 1. The second-order valence-electron chi connectivity index (χ2n) is 6.24. The van der Waals surface area contributed by atoms with Crippen LogP contribution in [-0.4, -0.2) is 42.7 Å². The number of ether oxygens (including phenoxy) is 1. The second kappa shape index (κ2) is 8.17. The zero-order valence-electron chi connectivity index (χ0n) is 16.3. The molecule has 0 atom stereocenters. The molecule has 0 N–H and O–H groups in total. The van der Waals surface area contributed by atoms with Crippen molar-refractivity contribution in [2.45, 2.75) is 32.2 Å². The number of aromatic nitrogens is 2. The average molecular weight is 454 g/mol. The summed E-state index contributed by atoms with van der Waals surface area (Å²) < 4.78 is 30.9. The predicted molar refractivity (Wildman–Crippen MR) is 111 cm³/mol. The molecule has 3 aromatic rings. The van der Waals surface area contributed by atoms with E-state index in [2.05, 4.69) is 9.98 Å². The predicted octanol–water partition coefficient (Wildman–Crippen LogP) is 2.48. The maximum absolute atomic E-state index is 12.7. The first-order chi connectivity index (χ1) is 13.6. The molecule has 11 heteroatoms. The van der Waals surface area contributed by atoms with Crippen LogP contribution in [-0.2, 0) is 25.9 Å². The zero-order chi connectivity index (χ0) is 21.3. The number of rotatable bonds is 5. The third kappa shape index (κ3) is 4.62. The number of nitrogens with zero attached hydrogens (tertiary/aromatic N) is 3. The van der Waals surface area contributed by atoms with Gasteiger partial charge in [0.2, 0.25) is 0 Å². The van der Waals surface area contributed by atoms with E-state index in [0.29, 0.717) is 20.8 Å².